The molecule has 0 atom stereocenters. The average Bonchev–Trinajstić information content (AvgIpc) is 3.04. The van der Waals surface area contributed by atoms with Crippen LogP contribution in [-0.4, -0.2) is 65.9 Å². The van der Waals surface area contributed by atoms with E-state index in [1.165, 1.54) is 0 Å². The highest BCUT2D eigenvalue weighted by molar-refractivity contribution is 5.98. The molecule has 0 spiro atoms. The fourth-order valence-electron chi connectivity index (χ4n) is 2.99. The topological polar surface area (TPSA) is 68.4 Å². The van der Waals surface area contributed by atoms with E-state index in [1.807, 2.05) is 42.2 Å². The fourth-order valence-corrected chi connectivity index (χ4v) is 2.99. The summed E-state index contributed by atoms with van der Waals surface area (Å²) in [6.07, 6.45) is 0.943. The van der Waals surface area contributed by atoms with Crippen LogP contribution >= 0.6 is 0 Å². The zero-order valence-electron chi connectivity index (χ0n) is 14.0. The second-order valence-corrected chi connectivity index (χ2v) is 6.19. The molecule has 0 aliphatic carbocycles. The number of fused-ring (bicyclic) bond motifs is 1. The maximum atomic E-state index is 12.6. The van der Waals surface area contributed by atoms with Gasteiger partial charge in [0.1, 0.15) is 5.69 Å². The summed E-state index contributed by atoms with van der Waals surface area (Å²) >= 11 is 0. The first-order chi connectivity index (χ1) is 11.7. The van der Waals surface area contributed by atoms with Crippen LogP contribution in [0.3, 0.4) is 0 Å². The van der Waals surface area contributed by atoms with Gasteiger partial charge in [-0.2, -0.15) is 0 Å². The first-order valence-corrected chi connectivity index (χ1v) is 8.53. The SMILES string of the molecule is CCCNC(=O)CN1CCN(C(=O)c2cc3ccccc3[nH]2)CC1. The molecule has 1 fully saturated rings. The molecule has 2 aromatic rings. The van der Waals surface area contributed by atoms with Crippen molar-refractivity contribution in [1.29, 1.82) is 0 Å². The van der Waals surface area contributed by atoms with Gasteiger partial charge in [0.25, 0.3) is 5.91 Å². The van der Waals surface area contributed by atoms with Crippen molar-refractivity contribution in [2.24, 2.45) is 0 Å². The molecule has 0 unspecified atom stereocenters. The largest absolute Gasteiger partial charge is 0.355 e. The molecule has 1 saturated heterocycles. The molecule has 1 aromatic heterocycles. The van der Waals surface area contributed by atoms with Crippen molar-refractivity contribution in [3.05, 3.63) is 36.0 Å². The Morgan fingerprint density at radius 2 is 1.92 bits per heavy atom. The number of H-pyrrole nitrogens is 1. The summed E-state index contributed by atoms with van der Waals surface area (Å²) in [6.45, 7) is 5.92. The van der Waals surface area contributed by atoms with Crippen LogP contribution in [0.25, 0.3) is 10.9 Å². The zero-order chi connectivity index (χ0) is 16.9. The highest BCUT2D eigenvalue weighted by Crippen LogP contribution is 2.16. The number of carbonyl (C=O) groups excluding carboxylic acids is 2. The Balaban J connectivity index is 1.54. The van der Waals surface area contributed by atoms with Crippen molar-refractivity contribution in [3.63, 3.8) is 0 Å². The average molecular weight is 328 g/mol. The molecule has 2 heterocycles. The minimum Gasteiger partial charge on any atom is -0.355 e. The predicted molar refractivity (Wildman–Crippen MR) is 93.9 cm³/mol. The van der Waals surface area contributed by atoms with Gasteiger partial charge in [-0.1, -0.05) is 25.1 Å². The zero-order valence-corrected chi connectivity index (χ0v) is 14.0. The van der Waals surface area contributed by atoms with E-state index >= 15 is 0 Å². The van der Waals surface area contributed by atoms with Gasteiger partial charge in [0.15, 0.2) is 0 Å². The van der Waals surface area contributed by atoms with Crippen molar-refractivity contribution in [1.82, 2.24) is 20.1 Å². The minimum absolute atomic E-state index is 0.0290. The Morgan fingerprint density at radius 3 is 2.62 bits per heavy atom. The highest BCUT2D eigenvalue weighted by atomic mass is 16.2. The molecule has 1 aliphatic heterocycles. The summed E-state index contributed by atoms with van der Waals surface area (Å²) < 4.78 is 0. The van der Waals surface area contributed by atoms with E-state index < -0.39 is 0 Å². The van der Waals surface area contributed by atoms with Crippen molar-refractivity contribution < 1.29 is 9.59 Å². The number of benzene rings is 1. The van der Waals surface area contributed by atoms with Gasteiger partial charge in [-0.25, -0.2) is 0 Å². The van der Waals surface area contributed by atoms with E-state index in [4.69, 9.17) is 0 Å². The number of nitrogens with one attached hydrogen (secondary N) is 2. The predicted octanol–water partition coefficient (Wildman–Crippen LogP) is 1.45. The number of piperazine rings is 1. The van der Waals surface area contributed by atoms with Gasteiger partial charge in [-0.3, -0.25) is 14.5 Å². The molecular formula is C18H24N4O2. The third kappa shape index (κ3) is 3.76. The van der Waals surface area contributed by atoms with Crippen LogP contribution in [-0.2, 0) is 4.79 Å². The molecule has 0 bridgehead atoms. The molecule has 2 amide bonds. The van der Waals surface area contributed by atoms with Gasteiger partial charge in [0.2, 0.25) is 5.91 Å². The molecule has 0 saturated carbocycles. The monoisotopic (exact) mass is 328 g/mol. The summed E-state index contributed by atoms with van der Waals surface area (Å²) in [4.78, 5) is 31.5. The highest BCUT2D eigenvalue weighted by Gasteiger charge is 2.24. The smallest absolute Gasteiger partial charge is 0.270 e. The Bertz CT molecular complexity index is 684. The van der Waals surface area contributed by atoms with Gasteiger partial charge in [0, 0.05) is 43.6 Å². The first-order valence-electron chi connectivity index (χ1n) is 8.53. The number of aromatic amines is 1. The number of para-hydroxylation sites is 1. The van der Waals surface area contributed by atoms with E-state index in [2.05, 4.69) is 15.2 Å². The maximum Gasteiger partial charge on any atom is 0.270 e. The third-order valence-corrected chi connectivity index (χ3v) is 4.36. The standard InChI is InChI=1S/C18H24N4O2/c1-2-7-19-17(23)13-21-8-10-22(11-9-21)18(24)16-12-14-5-3-4-6-15(14)20-16/h3-6,12,20H,2,7-11,13H2,1H3,(H,19,23). The van der Waals surface area contributed by atoms with Crippen LogP contribution in [0.4, 0.5) is 0 Å². The Morgan fingerprint density at radius 1 is 1.17 bits per heavy atom. The lowest BCUT2D eigenvalue weighted by molar-refractivity contribution is -0.122. The number of aromatic nitrogens is 1. The normalized spacial score (nSPS) is 15.6. The summed E-state index contributed by atoms with van der Waals surface area (Å²) in [5.74, 6) is 0.0912. The molecule has 1 aliphatic rings. The molecule has 2 N–H and O–H groups in total. The summed E-state index contributed by atoms with van der Waals surface area (Å²) in [5, 5.41) is 3.94. The van der Waals surface area contributed by atoms with Crippen molar-refractivity contribution >= 4 is 22.7 Å². The van der Waals surface area contributed by atoms with E-state index in [1.54, 1.807) is 0 Å². The molecule has 0 radical (unpaired) electrons. The summed E-state index contributed by atoms with van der Waals surface area (Å²) in [5.41, 5.74) is 1.61. The number of rotatable bonds is 5. The molecule has 3 rings (SSSR count). The number of nitrogens with zero attached hydrogens (tertiary/aromatic N) is 2. The number of hydrogen-bond donors (Lipinski definition) is 2. The van der Waals surface area contributed by atoms with Crippen LogP contribution in [0.5, 0.6) is 0 Å². The van der Waals surface area contributed by atoms with E-state index in [0.717, 1.165) is 37.0 Å². The molecule has 6 heteroatoms. The lowest BCUT2D eigenvalue weighted by Crippen LogP contribution is -2.51. The van der Waals surface area contributed by atoms with Gasteiger partial charge in [-0.05, 0) is 18.6 Å². The summed E-state index contributed by atoms with van der Waals surface area (Å²) in [6, 6.07) is 9.79. The van der Waals surface area contributed by atoms with E-state index in [0.29, 0.717) is 25.3 Å². The van der Waals surface area contributed by atoms with Crippen molar-refractivity contribution in [3.8, 4) is 0 Å². The van der Waals surface area contributed by atoms with Crippen LogP contribution in [0.1, 0.15) is 23.8 Å². The molecule has 128 valence electrons. The second-order valence-electron chi connectivity index (χ2n) is 6.19. The van der Waals surface area contributed by atoms with Gasteiger partial charge < -0.3 is 15.2 Å². The molecular weight excluding hydrogens is 304 g/mol. The van der Waals surface area contributed by atoms with Crippen LogP contribution in [0.2, 0.25) is 0 Å². The number of carbonyl (C=O) groups is 2. The lowest BCUT2D eigenvalue weighted by atomic mass is 10.2. The van der Waals surface area contributed by atoms with Crippen LogP contribution in [0, 0.1) is 0 Å². The Hall–Kier alpha value is -2.34. The Labute approximate surface area is 141 Å². The van der Waals surface area contributed by atoms with Crippen LogP contribution < -0.4 is 5.32 Å². The molecule has 1 aromatic carbocycles. The van der Waals surface area contributed by atoms with Crippen molar-refractivity contribution in [2.45, 2.75) is 13.3 Å². The van der Waals surface area contributed by atoms with E-state index in [-0.39, 0.29) is 11.8 Å². The third-order valence-electron chi connectivity index (χ3n) is 4.36. The quantitative estimate of drug-likeness (QED) is 0.873. The first kappa shape index (κ1) is 16.5. The second kappa shape index (κ2) is 7.49. The van der Waals surface area contributed by atoms with Crippen LogP contribution in [0.15, 0.2) is 30.3 Å². The van der Waals surface area contributed by atoms with Crippen molar-refractivity contribution in [2.75, 3.05) is 39.3 Å². The maximum absolute atomic E-state index is 12.6. The number of amides is 2. The lowest BCUT2D eigenvalue weighted by Gasteiger charge is -2.34. The number of hydrogen-bond acceptors (Lipinski definition) is 3. The molecule has 6 nitrogen and oxygen atoms in total. The molecule has 24 heavy (non-hydrogen) atoms. The van der Waals surface area contributed by atoms with Gasteiger partial charge in [0.05, 0.1) is 6.54 Å². The summed E-state index contributed by atoms with van der Waals surface area (Å²) in [7, 11) is 0. The van der Waals surface area contributed by atoms with E-state index in [9.17, 15) is 9.59 Å². The van der Waals surface area contributed by atoms with Gasteiger partial charge >= 0.3 is 0 Å². The van der Waals surface area contributed by atoms with Gasteiger partial charge in [-0.15, -0.1) is 0 Å². The fraction of sp³-hybridized carbons (Fsp3) is 0.444. The Kier molecular flexibility index (Phi) is 5.15. The minimum atomic E-state index is 0.0290.